The van der Waals surface area contributed by atoms with Crippen molar-refractivity contribution < 1.29 is 14.7 Å². The summed E-state index contributed by atoms with van der Waals surface area (Å²) in [7, 11) is 0. The largest absolute Gasteiger partial charge is 0.477 e. The minimum atomic E-state index is -1.17. The number of hydrogen-bond acceptors (Lipinski definition) is 4. The molecular weight excluding hydrogens is 320 g/mol. The number of carboxylic acid groups (broad SMARTS) is 1. The number of rotatable bonds is 5. The van der Waals surface area contributed by atoms with Gasteiger partial charge in [-0.25, -0.2) is 14.8 Å². The van der Waals surface area contributed by atoms with Crippen LogP contribution >= 0.6 is 0 Å². The second kappa shape index (κ2) is 6.72. The molecule has 3 N–H and O–H groups in total. The molecule has 1 aromatic carbocycles. The van der Waals surface area contributed by atoms with Gasteiger partial charge in [-0.3, -0.25) is 4.79 Å². The van der Waals surface area contributed by atoms with Gasteiger partial charge in [-0.05, 0) is 30.2 Å². The van der Waals surface area contributed by atoms with Crippen LogP contribution < -0.4 is 5.32 Å². The molecule has 1 atom stereocenters. The summed E-state index contributed by atoms with van der Waals surface area (Å²) in [5.74, 6) is -0.888. The van der Waals surface area contributed by atoms with Gasteiger partial charge in [-0.1, -0.05) is 32.0 Å². The van der Waals surface area contributed by atoms with E-state index in [0.717, 1.165) is 11.0 Å². The molecule has 0 radical (unpaired) electrons. The van der Waals surface area contributed by atoms with Gasteiger partial charge in [0.05, 0.1) is 17.1 Å². The number of H-pyrrole nitrogens is 1. The molecule has 2 aromatic heterocycles. The maximum absolute atomic E-state index is 12.5. The number of nitrogens with one attached hydrogen (secondary N) is 2. The zero-order valence-corrected chi connectivity index (χ0v) is 13.9. The molecule has 3 aromatic rings. The Labute approximate surface area is 144 Å². The Kier molecular flexibility index (Phi) is 4.47. The molecule has 2 heterocycles. The Balaban J connectivity index is 1.88. The first-order chi connectivity index (χ1) is 12.0. The van der Waals surface area contributed by atoms with E-state index in [0.29, 0.717) is 5.82 Å². The molecule has 25 heavy (non-hydrogen) atoms. The van der Waals surface area contributed by atoms with Crippen molar-refractivity contribution in [1.82, 2.24) is 20.3 Å². The summed E-state index contributed by atoms with van der Waals surface area (Å²) < 4.78 is 0. The van der Waals surface area contributed by atoms with Gasteiger partial charge >= 0.3 is 5.97 Å². The number of hydrogen-bond donors (Lipinski definition) is 3. The van der Waals surface area contributed by atoms with Crippen LogP contribution in [-0.2, 0) is 0 Å². The second-order valence-electron chi connectivity index (χ2n) is 6.05. The predicted molar refractivity (Wildman–Crippen MR) is 92.3 cm³/mol. The van der Waals surface area contributed by atoms with E-state index in [-0.39, 0.29) is 23.3 Å². The highest BCUT2D eigenvalue weighted by atomic mass is 16.4. The summed E-state index contributed by atoms with van der Waals surface area (Å²) in [5.41, 5.74) is 1.60. The number of aromatic amines is 1. The fourth-order valence-corrected chi connectivity index (χ4v) is 2.57. The summed E-state index contributed by atoms with van der Waals surface area (Å²) in [4.78, 5) is 35.2. The Morgan fingerprint density at radius 3 is 2.44 bits per heavy atom. The van der Waals surface area contributed by atoms with Crippen molar-refractivity contribution in [3.63, 3.8) is 0 Å². The predicted octanol–water partition coefficient (Wildman–Crippen LogP) is 2.78. The van der Waals surface area contributed by atoms with Crippen LogP contribution in [0.1, 0.15) is 46.7 Å². The SMILES string of the molecule is CC(C)C(NC(=O)c1cccc(C(=O)O)n1)c1nc2ccccc2[nH]1. The fraction of sp³-hybridized carbons (Fsp3) is 0.222. The smallest absolute Gasteiger partial charge is 0.354 e. The molecule has 0 aliphatic carbocycles. The molecule has 7 nitrogen and oxygen atoms in total. The zero-order chi connectivity index (χ0) is 18.0. The lowest BCUT2D eigenvalue weighted by molar-refractivity contribution is 0.0690. The fourth-order valence-electron chi connectivity index (χ4n) is 2.57. The molecule has 128 valence electrons. The Hall–Kier alpha value is -3.22. The number of carboxylic acids is 1. The van der Waals surface area contributed by atoms with Crippen molar-refractivity contribution >= 4 is 22.9 Å². The maximum Gasteiger partial charge on any atom is 0.354 e. The highest BCUT2D eigenvalue weighted by Gasteiger charge is 2.23. The van der Waals surface area contributed by atoms with Gasteiger partial charge in [0, 0.05) is 0 Å². The number of fused-ring (bicyclic) bond motifs is 1. The lowest BCUT2D eigenvalue weighted by Crippen LogP contribution is -2.33. The molecule has 1 unspecified atom stereocenters. The first kappa shape index (κ1) is 16.6. The molecule has 1 amide bonds. The van der Waals surface area contributed by atoms with E-state index in [4.69, 9.17) is 5.11 Å². The molecule has 0 aliphatic heterocycles. The molecule has 0 saturated heterocycles. The van der Waals surface area contributed by atoms with E-state index in [1.54, 1.807) is 0 Å². The number of nitrogens with zero attached hydrogens (tertiary/aromatic N) is 2. The highest BCUT2D eigenvalue weighted by molar-refractivity contribution is 5.94. The number of pyridine rings is 1. The number of imidazole rings is 1. The van der Waals surface area contributed by atoms with Crippen molar-refractivity contribution in [2.24, 2.45) is 5.92 Å². The van der Waals surface area contributed by atoms with Crippen molar-refractivity contribution in [1.29, 1.82) is 0 Å². The van der Waals surface area contributed by atoms with Crippen molar-refractivity contribution in [2.45, 2.75) is 19.9 Å². The molecule has 7 heteroatoms. The van der Waals surface area contributed by atoms with Gasteiger partial charge in [0.25, 0.3) is 5.91 Å². The van der Waals surface area contributed by atoms with Gasteiger partial charge < -0.3 is 15.4 Å². The Bertz CT molecular complexity index is 900. The van der Waals surface area contributed by atoms with E-state index in [9.17, 15) is 9.59 Å². The molecule has 0 saturated carbocycles. The summed E-state index contributed by atoms with van der Waals surface area (Å²) in [6.45, 7) is 3.94. The first-order valence-corrected chi connectivity index (χ1v) is 7.91. The molecule has 0 aliphatic rings. The van der Waals surface area contributed by atoms with E-state index in [2.05, 4.69) is 20.3 Å². The van der Waals surface area contributed by atoms with E-state index >= 15 is 0 Å². The molecule has 0 fully saturated rings. The minimum absolute atomic E-state index is 0.0571. The second-order valence-corrected chi connectivity index (χ2v) is 6.05. The maximum atomic E-state index is 12.5. The number of carbonyl (C=O) groups excluding carboxylic acids is 1. The van der Waals surface area contributed by atoms with E-state index in [1.165, 1.54) is 18.2 Å². The number of para-hydroxylation sites is 2. The van der Waals surface area contributed by atoms with E-state index < -0.39 is 11.9 Å². The third-order valence-electron chi connectivity index (χ3n) is 3.86. The summed E-state index contributed by atoms with van der Waals surface area (Å²) in [5, 5.41) is 11.9. The monoisotopic (exact) mass is 338 g/mol. The summed E-state index contributed by atoms with van der Waals surface area (Å²) in [6.07, 6.45) is 0. The van der Waals surface area contributed by atoms with Crippen LogP contribution in [0, 0.1) is 5.92 Å². The number of carbonyl (C=O) groups is 2. The van der Waals surface area contributed by atoms with Crippen molar-refractivity contribution in [3.8, 4) is 0 Å². The van der Waals surface area contributed by atoms with Gasteiger partial charge in [0.2, 0.25) is 0 Å². The lowest BCUT2D eigenvalue weighted by Gasteiger charge is -2.20. The first-order valence-electron chi connectivity index (χ1n) is 7.91. The van der Waals surface area contributed by atoms with Crippen LogP contribution in [0.2, 0.25) is 0 Å². The van der Waals surface area contributed by atoms with Crippen molar-refractivity contribution in [2.75, 3.05) is 0 Å². The number of benzene rings is 1. The Morgan fingerprint density at radius 2 is 1.76 bits per heavy atom. The van der Waals surface area contributed by atoms with Crippen LogP contribution in [0.25, 0.3) is 11.0 Å². The quantitative estimate of drug-likeness (QED) is 0.663. The van der Waals surface area contributed by atoms with Crippen LogP contribution in [0.4, 0.5) is 0 Å². The van der Waals surface area contributed by atoms with Crippen LogP contribution in [0.3, 0.4) is 0 Å². The zero-order valence-electron chi connectivity index (χ0n) is 13.9. The van der Waals surface area contributed by atoms with Crippen molar-refractivity contribution in [3.05, 3.63) is 59.7 Å². The Morgan fingerprint density at radius 1 is 1.04 bits per heavy atom. The van der Waals surface area contributed by atoms with Gasteiger partial charge in [-0.2, -0.15) is 0 Å². The normalized spacial score (nSPS) is 12.3. The lowest BCUT2D eigenvalue weighted by atomic mass is 10.0. The van der Waals surface area contributed by atoms with Gasteiger partial charge in [-0.15, -0.1) is 0 Å². The average molecular weight is 338 g/mol. The third kappa shape index (κ3) is 3.50. The van der Waals surface area contributed by atoms with Crippen LogP contribution in [0.15, 0.2) is 42.5 Å². The number of aromatic carboxylic acids is 1. The third-order valence-corrected chi connectivity index (χ3v) is 3.86. The number of amides is 1. The summed E-state index contributed by atoms with van der Waals surface area (Å²) in [6, 6.07) is 11.6. The molecule has 0 bridgehead atoms. The van der Waals surface area contributed by atoms with Gasteiger partial charge in [0.1, 0.15) is 17.2 Å². The summed E-state index contributed by atoms with van der Waals surface area (Å²) >= 11 is 0. The van der Waals surface area contributed by atoms with E-state index in [1.807, 2.05) is 38.1 Å². The standard InChI is InChI=1S/C18H18N4O3/c1-10(2)15(16-20-11-6-3-4-7-12(11)21-16)22-17(23)13-8-5-9-14(19-13)18(24)25/h3-10,15H,1-2H3,(H,20,21)(H,22,23)(H,24,25). The molecule has 3 rings (SSSR count). The average Bonchev–Trinajstić information content (AvgIpc) is 3.02. The topological polar surface area (TPSA) is 108 Å². The van der Waals surface area contributed by atoms with Crippen LogP contribution in [0.5, 0.6) is 0 Å². The molecule has 0 spiro atoms. The van der Waals surface area contributed by atoms with Gasteiger partial charge in [0.15, 0.2) is 0 Å². The van der Waals surface area contributed by atoms with Crippen LogP contribution in [-0.4, -0.2) is 31.9 Å². The highest BCUT2D eigenvalue weighted by Crippen LogP contribution is 2.22. The molecular formula is C18H18N4O3. The minimum Gasteiger partial charge on any atom is -0.477 e. The number of aromatic nitrogens is 3.